The molecule has 1 atom stereocenters. The number of carbonyl (C=O) groups excluding carboxylic acids is 1. The molecule has 0 saturated carbocycles. The first-order chi connectivity index (χ1) is 14.7. The first kappa shape index (κ1) is 22.3. The monoisotopic (exact) mass is 455 g/mol. The van der Waals surface area contributed by atoms with E-state index in [1.807, 2.05) is 30.3 Å². The molecular formula is C19H16F3N3O5S. The second-order valence-electron chi connectivity index (χ2n) is 6.19. The molecule has 0 unspecified atom stereocenters. The van der Waals surface area contributed by atoms with Crippen LogP contribution in [0.4, 0.5) is 23.1 Å². The number of carbonyl (C=O) groups is 2. The normalized spacial score (nSPS) is 12.4. The van der Waals surface area contributed by atoms with Gasteiger partial charge < -0.3 is 25.2 Å². The molecule has 2 aromatic carbocycles. The maximum absolute atomic E-state index is 12.5. The lowest BCUT2D eigenvalue weighted by Gasteiger charge is -2.16. The van der Waals surface area contributed by atoms with Gasteiger partial charge >= 0.3 is 12.5 Å². The molecule has 3 N–H and O–H groups in total. The Kier molecular flexibility index (Phi) is 6.92. The lowest BCUT2D eigenvalue weighted by molar-refractivity contribution is -0.274. The van der Waals surface area contributed by atoms with Crippen molar-refractivity contribution in [3.63, 3.8) is 0 Å². The Morgan fingerprint density at radius 2 is 1.90 bits per heavy atom. The molecule has 0 spiro atoms. The molecule has 31 heavy (non-hydrogen) atoms. The number of fused-ring (bicyclic) bond motifs is 1. The Hall–Kier alpha value is -3.38. The van der Waals surface area contributed by atoms with E-state index in [-0.39, 0.29) is 18.3 Å². The first-order valence-electron chi connectivity index (χ1n) is 8.78. The number of nitrogens with one attached hydrogen (secondary N) is 2. The minimum Gasteiger partial charge on any atom is -0.465 e. The zero-order valence-corrected chi connectivity index (χ0v) is 16.5. The van der Waals surface area contributed by atoms with Gasteiger partial charge in [0.15, 0.2) is 5.13 Å². The van der Waals surface area contributed by atoms with Crippen LogP contribution in [0.1, 0.15) is 5.56 Å². The van der Waals surface area contributed by atoms with Gasteiger partial charge in [0.25, 0.3) is 5.91 Å². The summed E-state index contributed by atoms with van der Waals surface area (Å²) < 4.78 is 46.7. The summed E-state index contributed by atoms with van der Waals surface area (Å²) in [5, 5.41) is 13.6. The van der Waals surface area contributed by atoms with Crippen LogP contribution < -0.4 is 15.4 Å². The Balaban J connectivity index is 1.65. The van der Waals surface area contributed by atoms with Gasteiger partial charge in [-0.3, -0.25) is 4.79 Å². The Morgan fingerprint density at radius 3 is 2.58 bits per heavy atom. The predicted octanol–water partition coefficient (Wildman–Crippen LogP) is 3.99. The SMILES string of the molecule is O=C(O)N[C@@H](COCc1ccccc1)C(=O)Nc1nc2ccc(OC(F)(F)F)cc2s1. The van der Waals surface area contributed by atoms with Crippen LogP contribution in [0.5, 0.6) is 5.75 Å². The maximum Gasteiger partial charge on any atom is 0.573 e. The molecule has 0 bridgehead atoms. The number of rotatable bonds is 8. The number of carboxylic acid groups (broad SMARTS) is 1. The average Bonchev–Trinajstić information content (AvgIpc) is 3.08. The highest BCUT2D eigenvalue weighted by atomic mass is 32.1. The molecule has 3 rings (SSSR count). The summed E-state index contributed by atoms with van der Waals surface area (Å²) in [6.07, 6.45) is -6.24. The third-order valence-electron chi connectivity index (χ3n) is 3.83. The maximum atomic E-state index is 12.5. The number of nitrogens with zero attached hydrogens (tertiary/aromatic N) is 1. The molecule has 1 heterocycles. The van der Waals surface area contributed by atoms with E-state index in [0.717, 1.165) is 29.0 Å². The van der Waals surface area contributed by atoms with Crippen LogP contribution in [0.25, 0.3) is 10.2 Å². The Bertz CT molecular complexity index is 1060. The van der Waals surface area contributed by atoms with Crippen LogP contribution in [-0.4, -0.2) is 41.1 Å². The summed E-state index contributed by atoms with van der Waals surface area (Å²) in [6, 6.07) is 11.4. The van der Waals surface area contributed by atoms with Crippen LogP contribution in [0.15, 0.2) is 48.5 Å². The predicted molar refractivity (Wildman–Crippen MR) is 106 cm³/mol. The molecule has 3 aromatic rings. The fourth-order valence-corrected chi connectivity index (χ4v) is 3.45. The Morgan fingerprint density at radius 1 is 1.16 bits per heavy atom. The molecule has 0 aliphatic heterocycles. The number of benzene rings is 2. The van der Waals surface area contributed by atoms with Gasteiger partial charge in [-0.2, -0.15) is 0 Å². The fraction of sp³-hybridized carbons (Fsp3) is 0.211. The molecule has 0 fully saturated rings. The lowest BCUT2D eigenvalue weighted by Crippen LogP contribution is -2.46. The Labute approximate surface area is 177 Å². The number of ether oxygens (including phenoxy) is 2. The summed E-state index contributed by atoms with van der Waals surface area (Å²) in [5.41, 5.74) is 1.19. The number of anilines is 1. The van der Waals surface area contributed by atoms with E-state index in [1.54, 1.807) is 0 Å². The number of hydrogen-bond acceptors (Lipinski definition) is 6. The minimum atomic E-state index is -4.83. The lowest BCUT2D eigenvalue weighted by atomic mass is 10.2. The summed E-state index contributed by atoms with van der Waals surface area (Å²) in [5.74, 6) is -1.14. The summed E-state index contributed by atoms with van der Waals surface area (Å²) >= 11 is 0.916. The van der Waals surface area contributed by atoms with E-state index in [2.05, 4.69) is 20.4 Å². The van der Waals surface area contributed by atoms with Gasteiger partial charge in [-0.25, -0.2) is 9.78 Å². The number of thiazole rings is 1. The molecule has 8 nitrogen and oxygen atoms in total. The number of aromatic nitrogens is 1. The van der Waals surface area contributed by atoms with Crippen molar-refractivity contribution in [3.05, 3.63) is 54.1 Å². The first-order valence-corrected chi connectivity index (χ1v) is 9.59. The smallest absolute Gasteiger partial charge is 0.465 e. The third-order valence-corrected chi connectivity index (χ3v) is 4.77. The van der Waals surface area contributed by atoms with Crippen molar-refractivity contribution in [3.8, 4) is 5.75 Å². The molecular weight excluding hydrogens is 439 g/mol. The molecule has 2 amide bonds. The number of halogens is 3. The number of alkyl halides is 3. The molecule has 1 aromatic heterocycles. The standard InChI is InChI=1S/C19H16F3N3O5S/c20-19(21,22)30-12-6-7-13-15(8-12)31-17(23-13)25-16(26)14(24-18(27)28)10-29-9-11-4-2-1-3-5-11/h1-8,14,24H,9-10H2,(H,27,28)(H,23,25,26)/t14-/m0/s1. The summed E-state index contributed by atoms with van der Waals surface area (Å²) in [6.45, 7) is -0.0590. The van der Waals surface area contributed by atoms with E-state index in [4.69, 9.17) is 9.84 Å². The van der Waals surface area contributed by atoms with Crippen LogP contribution in [0.2, 0.25) is 0 Å². The summed E-state index contributed by atoms with van der Waals surface area (Å²) in [4.78, 5) is 27.6. The highest BCUT2D eigenvalue weighted by Gasteiger charge is 2.31. The van der Waals surface area contributed by atoms with Crippen LogP contribution in [0.3, 0.4) is 0 Å². The van der Waals surface area contributed by atoms with Crippen LogP contribution >= 0.6 is 11.3 Å². The van der Waals surface area contributed by atoms with Crippen molar-refractivity contribution < 1.29 is 37.3 Å². The molecule has 0 saturated heterocycles. The minimum absolute atomic E-state index is 0.0874. The van der Waals surface area contributed by atoms with Gasteiger partial charge in [0, 0.05) is 6.07 Å². The zero-order chi connectivity index (χ0) is 22.4. The molecule has 12 heteroatoms. The van der Waals surface area contributed by atoms with Crippen molar-refractivity contribution >= 4 is 38.7 Å². The average molecular weight is 455 g/mol. The van der Waals surface area contributed by atoms with E-state index >= 15 is 0 Å². The molecule has 0 aliphatic carbocycles. The van der Waals surface area contributed by atoms with Gasteiger partial charge in [0.2, 0.25) is 0 Å². The van der Waals surface area contributed by atoms with Crippen molar-refractivity contribution in [2.24, 2.45) is 0 Å². The van der Waals surface area contributed by atoms with Gasteiger partial charge in [-0.1, -0.05) is 41.7 Å². The van der Waals surface area contributed by atoms with Crippen molar-refractivity contribution in [1.82, 2.24) is 10.3 Å². The van der Waals surface area contributed by atoms with Gasteiger partial charge in [-0.15, -0.1) is 13.2 Å². The zero-order valence-electron chi connectivity index (χ0n) is 15.7. The quantitative estimate of drug-likeness (QED) is 0.474. The largest absolute Gasteiger partial charge is 0.573 e. The highest BCUT2D eigenvalue weighted by Crippen LogP contribution is 2.31. The van der Waals surface area contributed by atoms with Crippen LogP contribution in [0, 0.1) is 0 Å². The van der Waals surface area contributed by atoms with E-state index in [9.17, 15) is 22.8 Å². The van der Waals surface area contributed by atoms with E-state index < -0.39 is 30.2 Å². The second-order valence-corrected chi connectivity index (χ2v) is 7.22. The van der Waals surface area contributed by atoms with Gasteiger partial charge in [0.05, 0.1) is 23.4 Å². The van der Waals surface area contributed by atoms with Crippen molar-refractivity contribution in [2.75, 3.05) is 11.9 Å². The van der Waals surface area contributed by atoms with Crippen molar-refractivity contribution in [2.45, 2.75) is 19.0 Å². The molecule has 0 radical (unpaired) electrons. The van der Waals surface area contributed by atoms with E-state index in [1.165, 1.54) is 6.07 Å². The third kappa shape index (κ3) is 6.83. The van der Waals surface area contributed by atoms with E-state index in [0.29, 0.717) is 10.2 Å². The number of amides is 2. The highest BCUT2D eigenvalue weighted by molar-refractivity contribution is 7.22. The summed E-state index contributed by atoms with van der Waals surface area (Å²) in [7, 11) is 0. The van der Waals surface area contributed by atoms with Crippen molar-refractivity contribution in [1.29, 1.82) is 0 Å². The fourth-order valence-electron chi connectivity index (χ4n) is 2.55. The van der Waals surface area contributed by atoms with Crippen LogP contribution in [-0.2, 0) is 16.1 Å². The number of hydrogen-bond donors (Lipinski definition) is 3. The molecule has 0 aliphatic rings. The van der Waals surface area contributed by atoms with Gasteiger partial charge in [0.1, 0.15) is 11.8 Å². The molecule has 164 valence electrons. The van der Waals surface area contributed by atoms with Gasteiger partial charge in [-0.05, 0) is 17.7 Å². The second kappa shape index (κ2) is 9.62. The topological polar surface area (TPSA) is 110 Å².